The van der Waals surface area contributed by atoms with E-state index in [0.29, 0.717) is 6.54 Å². The lowest BCUT2D eigenvalue weighted by molar-refractivity contribution is 0.751. The first-order valence-electron chi connectivity index (χ1n) is 5.23. The van der Waals surface area contributed by atoms with Gasteiger partial charge in [0.05, 0.1) is 11.4 Å². The van der Waals surface area contributed by atoms with Crippen molar-refractivity contribution in [1.29, 1.82) is 0 Å². The fraction of sp³-hybridized carbons (Fsp3) is 0.250. The molecule has 1 aromatic carbocycles. The summed E-state index contributed by atoms with van der Waals surface area (Å²) in [4.78, 5) is 11.7. The van der Waals surface area contributed by atoms with E-state index < -0.39 is 0 Å². The molecule has 4 nitrogen and oxygen atoms in total. The predicted octanol–water partition coefficient (Wildman–Crippen LogP) is 1.19. The second-order valence-electron chi connectivity index (χ2n) is 3.82. The van der Waals surface area contributed by atoms with Crippen LogP contribution in [0.25, 0.3) is 5.69 Å². The van der Waals surface area contributed by atoms with Crippen LogP contribution in [0, 0.1) is 6.92 Å². The molecule has 0 fully saturated rings. The summed E-state index contributed by atoms with van der Waals surface area (Å²) in [5, 5.41) is 6.07. The Hall–Kier alpha value is -1.81. The first kappa shape index (κ1) is 10.7. The summed E-state index contributed by atoms with van der Waals surface area (Å²) in [5.41, 5.74) is 2.85. The molecule has 0 radical (unpaired) electrons. The number of aromatic nitrogens is 2. The van der Waals surface area contributed by atoms with Crippen LogP contribution in [0.3, 0.4) is 0 Å². The van der Waals surface area contributed by atoms with Gasteiger partial charge in [-0.1, -0.05) is 12.1 Å². The SMILES string of the molecule is CNCc1cc(=O)n(-c2cccc(C)c2)[nH]1. The van der Waals surface area contributed by atoms with Gasteiger partial charge in [0, 0.05) is 12.6 Å². The van der Waals surface area contributed by atoms with Gasteiger partial charge in [0.1, 0.15) is 0 Å². The second kappa shape index (κ2) is 4.37. The van der Waals surface area contributed by atoms with Crippen molar-refractivity contribution in [1.82, 2.24) is 15.1 Å². The van der Waals surface area contributed by atoms with Crippen molar-refractivity contribution in [2.75, 3.05) is 7.05 Å². The minimum absolute atomic E-state index is 0.0316. The minimum Gasteiger partial charge on any atom is -0.314 e. The zero-order valence-electron chi connectivity index (χ0n) is 9.45. The fourth-order valence-corrected chi connectivity index (χ4v) is 1.68. The molecule has 16 heavy (non-hydrogen) atoms. The molecule has 1 heterocycles. The lowest BCUT2D eigenvalue weighted by Crippen LogP contribution is -2.13. The Morgan fingerprint density at radius 2 is 2.19 bits per heavy atom. The van der Waals surface area contributed by atoms with Crippen molar-refractivity contribution >= 4 is 0 Å². The molecule has 4 heteroatoms. The summed E-state index contributed by atoms with van der Waals surface area (Å²) >= 11 is 0. The van der Waals surface area contributed by atoms with E-state index in [0.717, 1.165) is 16.9 Å². The van der Waals surface area contributed by atoms with Gasteiger partial charge in [-0.25, -0.2) is 4.68 Å². The van der Waals surface area contributed by atoms with Gasteiger partial charge in [-0.15, -0.1) is 0 Å². The molecule has 0 aliphatic rings. The summed E-state index contributed by atoms with van der Waals surface area (Å²) in [5.74, 6) is 0. The molecule has 0 amide bonds. The Morgan fingerprint density at radius 1 is 1.38 bits per heavy atom. The van der Waals surface area contributed by atoms with Crippen molar-refractivity contribution in [3.63, 3.8) is 0 Å². The van der Waals surface area contributed by atoms with Crippen LogP contribution in [0.1, 0.15) is 11.3 Å². The van der Waals surface area contributed by atoms with Gasteiger partial charge in [-0.05, 0) is 31.7 Å². The monoisotopic (exact) mass is 217 g/mol. The molecular weight excluding hydrogens is 202 g/mol. The van der Waals surface area contributed by atoms with Crippen LogP contribution >= 0.6 is 0 Å². The van der Waals surface area contributed by atoms with E-state index in [1.165, 1.54) is 0 Å². The van der Waals surface area contributed by atoms with Gasteiger partial charge in [0.2, 0.25) is 0 Å². The molecule has 2 N–H and O–H groups in total. The highest BCUT2D eigenvalue weighted by Crippen LogP contribution is 2.07. The highest BCUT2D eigenvalue weighted by atomic mass is 16.1. The number of nitrogens with zero attached hydrogens (tertiary/aromatic N) is 1. The second-order valence-corrected chi connectivity index (χ2v) is 3.82. The van der Waals surface area contributed by atoms with Crippen molar-refractivity contribution in [3.05, 3.63) is 51.9 Å². The molecule has 0 atom stereocenters. The maximum Gasteiger partial charge on any atom is 0.271 e. The zero-order valence-corrected chi connectivity index (χ0v) is 9.45. The molecule has 2 aromatic rings. The summed E-state index contributed by atoms with van der Waals surface area (Å²) in [7, 11) is 1.85. The zero-order chi connectivity index (χ0) is 11.5. The molecule has 2 rings (SSSR count). The van der Waals surface area contributed by atoms with Gasteiger partial charge >= 0.3 is 0 Å². The average Bonchev–Trinajstić information content (AvgIpc) is 2.60. The van der Waals surface area contributed by atoms with Crippen LogP contribution in [-0.2, 0) is 6.54 Å². The normalized spacial score (nSPS) is 10.6. The first-order chi connectivity index (χ1) is 7.70. The highest BCUT2D eigenvalue weighted by molar-refractivity contribution is 5.34. The van der Waals surface area contributed by atoms with Crippen LogP contribution in [0.2, 0.25) is 0 Å². The number of aryl methyl sites for hydroxylation is 1. The number of rotatable bonds is 3. The standard InChI is InChI=1S/C12H15N3O/c1-9-4-3-5-11(6-9)15-12(16)7-10(14-15)8-13-2/h3-7,13-14H,8H2,1-2H3. The molecule has 0 saturated heterocycles. The fourth-order valence-electron chi connectivity index (χ4n) is 1.68. The summed E-state index contributed by atoms with van der Waals surface area (Å²) < 4.78 is 1.56. The van der Waals surface area contributed by atoms with E-state index in [-0.39, 0.29) is 5.56 Å². The van der Waals surface area contributed by atoms with Crippen LogP contribution in [0.15, 0.2) is 35.1 Å². The molecule has 0 aliphatic heterocycles. The maximum atomic E-state index is 11.7. The summed E-state index contributed by atoms with van der Waals surface area (Å²) in [6.07, 6.45) is 0. The molecular formula is C12H15N3O. The molecule has 0 saturated carbocycles. The Kier molecular flexibility index (Phi) is 2.92. The van der Waals surface area contributed by atoms with E-state index >= 15 is 0 Å². The van der Waals surface area contributed by atoms with Gasteiger partial charge in [-0.2, -0.15) is 0 Å². The van der Waals surface area contributed by atoms with Crippen molar-refractivity contribution in [2.24, 2.45) is 0 Å². The average molecular weight is 217 g/mol. The van der Waals surface area contributed by atoms with Gasteiger partial charge in [0.15, 0.2) is 0 Å². The predicted molar refractivity (Wildman–Crippen MR) is 63.9 cm³/mol. The Labute approximate surface area is 93.9 Å². The summed E-state index contributed by atoms with van der Waals surface area (Å²) in [6.45, 7) is 2.67. The Morgan fingerprint density at radius 3 is 2.88 bits per heavy atom. The lowest BCUT2D eigenvalue weighted by atomic mass is 10.2. The van der Waals surface area contributed by atoms with E-state index in [1.807, 2.05) is 38.2 Å². The van der Waals surface area contributed by atoms with Gasteiger partial charge in [-0.3, -0.25) is 9.89 Å². The Balaban J connectivity index is 2.44. The maximum absolute atomic E-state index is 11.7. The number of hydrogen-bond acceptors (Lipinski definition) is 2. The molecule has 0 unspecified atom stereocenters. The highest BCUT2D eigenvalue weighted by Gasteiger charge is 2.04. The third-order valence-corrected chi connectivity index (χ3v) is 2.40. The summed E-state index contributed by atoms with van der Waals surface area (Å²) in [6, 6.07) is 9.44. The van der Waals surface area contributed by atoms with E-state index in [2.05, 4.69) is 10.4 Å². The lowest BCUT2D eigenvalue weighted by Gasteiger charge is -2.02. The van der Waals surface area contributed by atoms with E-state index in [9.17, 15) is 4.79 Å². The third kappa shape index (κ3) is 2.06. The molecule has 0 spiro atoms. The topological polar surface area (TPSA) is 49.8 Å². The van der Waals surface area contributed by atoms with Crippen LogP contribution in [0.4, 0.5) is 0 Å². The van der Waals surface area contributed by atoms with Crippen LogP contribution in [0.5, 0.6) is 0 Å². The largest absolute Gasteiger partial charge is 0.314 e. The molecule has 0 bridgehead atoms. The number of benzene rings is 1. The van der Waals surface area contributed by atoms with E-state index in [4.69, 9.17) is 0 Å². The minimum atomic E-state index is -0.0316. The molecule has 84 valence electrons. The van der Waals surface area contributed by atoms with Crippen LogP contribution in [-0.4, -0.2) is 16.8 Å². The van der Waals surface area contributed by atoms with Crippen molar-refractivity contribution < 1.29 is 0 Å². The van der Waals surface area contributed by atoms with Gasteiger partial charge in [0.25, 0.3) is 5.56 Å². The molecule has 1 aromatic heterocycles. The Bertz CT molecular complexity index is 539. The van der Waals surface area contributed by atoms with Crippen molar-refractivity contribution in [3.8, 4) is 5.69 Å². The number of H-pyrrole nitrogens is 1. The van der Waals surface area contributed by atoms with Crippen molar-refractivity contribution in [2.45, 2.75) is 13.5 Å². The molecule has 0 aliphatic carbocycles. The number of nitrogens with one attached hydrogen (secondary N) is 2. The van der Waals surface area contributed by atoms with E-state index in [1.54, 1.807) is 10.7 Å². The number of hydrogen-bond donors (Lipinski definition) is 2. The first-order valence-corrected chi connectivity index (χ1v) is 5.23. The smallest absolute Gasteiger partial charge is 0.271 e. The van der Waals surface area contributed by atoms with Crippen LogP contribution < -0.4 is 10.9 Å². The third-order valence-electron chi connectivity index (χ3n) is 2.40. The number of aromatic amines is 1. The quantitative estimate of drug-likeness (QED) is 0.811. The van der Waals surface area contributed by atoms with Gasteiger partial charge < -0.3 is 5.32 Å².